The van der Waals surface area contributed by atoms with E-state index in [0.717, 1.165) is 68.9 Å². The first kappa shape index (κ1) is 34.2. The van der Waals surface area contributed by atoms with Crippen molar-refractivity contribution in [3.63, 3.8) is 0 Å². The summed E-state index contributed by atoms with van der Waals surface area (Å²) >= 11 is 0. The summed E-state index contributed by atoms with van der Waals surface area (Å²) in [4.78, 5) is 27.1. The van der Waals surface area contributed by atoms with E-state index in [1.165, 1.54) is 12.5 Å². The molecule has 0 aromatic heterocycles. The Morgan fingerprint density at radius 2 is 1.71 bits per heavy atom. The zero-order chi connectivity index (χ0) is 33.8. The van der Waals surface area contributed by atoms with Crippen LogP contribution in [0.3, 0.4) is 0 Å². The third kappa shape index (κ3) is 7.31. The SMILES string of the molecule is CC(=O)Nc1ccc(C(=O)N(CCCCCC2Cc3cc(O)ccc3C3C(F)C[C@]4(C)C(O)CCC4C23)CCCc2ccccc2)cc1. The predicted molar refractivity (Wildman–Crippen MR) is 188 cm³/mol. The van der Waals surface area contributed by atoms with Crippen LogP contribution in [0.2, 0.25) is 0 Å². The minimum atomic E-state index is -1.00. The van der Waals surface area contributed by atoms with Crippen LogP contribution in [-0.4, -0.2) is 52.3 Å². The van der Waals surface area contributed by atoms with Crippen molar-refractivity contribution in [1.82, 2.24) is 4.90 Å². The minimum absolute atomic E-state index is 0.000700. The molecule has 2 saturated carbocycles. The number of aromatic hydroxyl groups is 1. The number of anilines is 1. The molecular formula is C41H51FN2O4. The molecule has 0 aliphatic heterocycles. The molecule has 6 nitrogen and oxygen atoms in total. The summed E-state index contributed by atoms with van der Waals surface area (Å²) in [7, 11) is 0. The Balaban J connectivity index is 1.11. The first-order valence-corrected chi connectivity index (χ1v) is 18.0. The van der Waals surface area contributed by atoms with E-state index in [1.807, 2.05) is 35.2 Å². The lowest BCUT2D eigenvalue weighted by Crippen LogP contribution is -2.51. The second kappa shape index (κ2) is 14.8. The summed E-state index contributed by atoms with van der Waals surface area (Å²) in [5.41, 5.74) is 4.29. The number of amides is 2. The Hall–Kier alpha value is -3.71. The van der Waals surface area contributed by atoms with Gasteiger partial charge < -0.3 is 20.4 Å². The molecule has 3 N–H and O–H groups in total. The van der Waals surface area contributed by atoms with Gasteiger partial charge in [-0.1, -0.05) is 56.2 Å². The number of aliphatic hydroxyl groups excluding tert-OH is 1. The molecule has 6 unspecified atom stereocenters. The Morgan fingerprint density at radius 3 is 2.46 bits per heavy atom. The van der Waals surface area contributed by atoms with Crippen molar-refractivity contribution in [3.8, 4) is 5.75 Å². The molecule has 3 aromatic carbocycles. The summed E-state index contributed by atoms with van der Waals surface area (Å²) in [6, 6.07) is 22.9. The lowest BCUT2D eigenvalue weighted by Gasteiger charge is -2.54. The molecule has 0 saturated heterocycles. The molecule has 256 valence electrons. The van der Waals surface area contributed by atoms with E-state index in [9.17, 15) is 19.8 Å². The maximum atomic E-state index is 16.1. The standard InChI is InChI=1S/C41H51FN2O4/c1-27(45)43-32-16-14-29(15-17-32)40(48)44(23-9-12-28-10-5-3-6-11-28)22-8-4-7-13-30-24-31-25-33(46)18-19-34(31)39-36(42)26-41(2)35(38(30)39)20-21-37(41)47/h3,5-6,10-11,14-19,25,30,35-39,46-47H,4,7-9,12-13,20-24,26H2,1-2H3,(H,43,45)/t30?,35?,36?,37?,38?,39?,41-/m0/s1. The number of aliphatic hydroxyl groups is 1. The topological polar surface area (TPSA) is 89.9 Å². The van der Waals surface area contributed by atoms with E-state index in [0.29, 0.717) is 42.6 Å². The zero-order valence-electron chi connectivity index (χ0n) is 28.4. The molecule has 3 aromatic rings. The fourth-order valence-corrected chi connectivity index (χ4v) is 9.43. The van der Waals surface area contributed by atoms with Crippen LogP contribution in [0, 0.1) is 23.2 Å². The van der Waals surface area contributed by atoms with E-state index in [-0.39, 0.29) is 34.8 Å². The summed E-state index contributed by atoms with van der Waals surface area (Å²) < 4.78 is 16.1. The lowest BCUT2D eigenvalue weighted by molar-refractivity contribution is -0.114. The third-order valence-corrected chi connectivity index (χ3v) is 11.8. The quantitative estimate of drug-likeness (QED) is 0.172. The Labute approximate surface area is 284 Å². The Morgan fingerprint density at radius 1 is 0.958 bits per heavy atom. The number of hydrogen-bond donors (Lipinski definition) is 3. The molecule has 0 heterocycles. The fourth-order valence-electron chi connectivity index (χ4n) is 9.43. The molecule has 7 heteroatoms. The number of benzene rings is 3. The molecule has 6 rings (SSSR count). The second-order valence-electron chi connectivity index (χ2n) is 14.9. The summed E-state index contributed by atoms with van der Waals surface area (Å²) in [6.07, 6.45) is 7.05. The molecule has 0 radical (unpaired) electrons. The molecule has 3 aliphatic rings. The van der Waals surface area contributed by atoms with Crippen molar-refractivity contribution < 1.29 is 24.2 Å². The molecule has 2 fully saturated rings. The average molecular weight is 655 g/mol. The van der Waals surface area contributed by atoms with Crippen LogP contribution >= 0.6 is 0 Å². The number of phenols is 1. The van der Waals surface area contributed by atoms with Gasteiger partial charge in [0.25, 0.3) is 5.91 Å². The fraction of sp³-hybridized carbons (Fsp3) is 0.512. The number of phenolic OH excluding ortho intramolecular Hbond substituents is 1. The van der Waals surface area contributed by atoms with Crippen molar-refractivity contribution >= 4 is 17.5 Å². The van der Waals surface area contributed by atoms with E-state index in [4.69, 9.17) is 0 Å². The maximum absolute atomic E-state index is 16.1. The van der Waals surface area contributed by atoms with Gasteiger partial charge in [-0.15, -0.1) is 0 Å². The Kier molecular flexibility index (Phi) is 10.5. The van der Waals surface area contributed by atoms with E-state index in [1.54, 1.807) is 30.3 Å². The average Bonchev–Trinajstić information content (AvgIpc) is 3.36. The smallest absolute Gasteiger partial charge is 0.253 e. The van der Waals surface area contributed by atoms with Crippen molar-refractivity contribution in [2.45, 2.75) is 96.2 Å². The van der Waals surface area contributed by atoms with Gasteiger partial charge in [0, 0.05) is 37.2 Å². The van der Waals surface area contributed by atoms with Gasteiger partial charge in [-0.3, -0.25) is 9.59 Å². The van der Waals surface area contributed by atoms with Gasteiger partial charge in [0.05, 0.1) is 6.10 Å². The van der Waals surface area contributed by atoms with Gasteiger partial charge in [-0.25, -0.2) is 4.39 Å². The normalized spacial score (nSPS) is 27.4. The molecule has 2 amide bonds. The van der Waals surface area contributed by atoms with Crippen LogP contribution in [0.5, 0.6) is 5.75 Å². The van der Waals surface area contributed by atoms with Crippen LogP contribution in [0.25, 0.3) is 0 Å². The largest absolute Gasteiger partial charge is 0.508 e. The molecule has 48 heavy (non-hydrogen) atoms. The monoisotopic (exact) mass is 654 g/mol. The number of rotatable bonds is 12. The number of unbranched alkanes of at least 4 members (excludes halogenated alkanes) is 2. The zero-order valence-corrected chi connectivity index (χ0v) is 28.4. The summed E-state index contributed by atoms with van der Waals surface area (Å²) in [5, 5.41) is 24.0. The van der Waals surface area contributed by atoms with Crippen molar-refractivity contribution in [2.75, 3.05) is 18.4 Å². The van der Waals surface area contributed by atoms with Gasteiger partial charge in [-0.2, -0.15) is 0 Å². The number of hydrogen-bond acceptors (Lipinski definition) is 4. The lowest BCUT2D eigenvalue weighted by atomic mass is 9.51. The van der Waals surface area contributed by atoms with E-state index in [2.05, 4.69) is 24.4 Å². The number of nitrogens with zero attached hydrogens (tertiary/aromatic N) is 1. The van der Waals surface area contributed by atoms with Crippen LogP contribution < -0.4 is 5.32 Å². The Bertz CT molecular complexity index is 1560. The van der Waals surface area contributed by atoms with Gasteiger partial charge in [0.2, 0.25) is 5.91 Å². The number of carbonyl (C=O) groups is 2. The molecule has 7 atom stereocenters. The summed E-state index contributed by atoms with van der Waals surface area (Å²) in [6.45, 7) is 4.90. The van der Waals surface area contributed by atoms with Crippen LogP contribution in [0.15, 0.2) is 72.8 Å². The molecular weight excluding hydrogens is 603 g/mol. The third-order valence-electron chi connectivity index (χ3n) is 11.8. The molecule has 0 bridgehead atoms. The van der Waals surface area contributed by atoms with Crippen LogP contribution in [0.1, 0.15) is 98.2 Å². The van der Waals surface area contributed by atoms with Crippen molar-refractivity contribution in [3.05, 3.63) is 95.1 Å². The van der Waals surface area contributed by atoms with Gasteiger partial charge in [-0.05, 0) is 128 Å². The van der Waals surface area contributed by atoms with Gasteiger partial charge in [0.15, 0.2) is 0 Å². The maximum Gasteiger partial charge on any atom is 0.253 e. The highest BCUT2D eigenvalue weighted by Crippen LogP contribution is 2.63. The summed E-state index contributed by atoms with van der Waals surface area (Å²) in [5.74, 6) is 0.682. The van der Waals surface area contributed by atoms with E-state index >= 15 is 4.39 Å². The van der Waals surface area contributed by atoms with Crippen LogP contribution in [0.4, 0.5) is 10.1 Å². The van der Waals surface area contributed by atoms with Gasteiger partial charge in [0.1, 0.15) is 11.9 Å². The van der Waals surface area contributed by atoms with E-state index < -0.39 is 12.3 Å². The highest BCUT2D eigenvalue weighted by Gasteiger charge is 2.59. The number of nitrogens with one attached hydrogen (secondary N) is 1. The second-order valence-corrected chi connectivity index (χ2v) is 14.9. The van der Waals surface area contributed by atoms with Gasteiger partial charge >= 0.3 is 0 Å². The number of fused-ring (bicyclic) bond motifs is 5. The number of carbonyl (C=O) groups excluding carboxylic acids is 2. The predicted octanol–water partition coefficient (Wildman–Crippen LogP) is 8.08. The molecule has 3 aliphatic carbocycles. The minimum Gasteiger partial charge on any atom is -0.508 e. The van der Waals surface area contributed by atoms with Crippen molar-refractivity contribution in [2.24, 2.45) is 23.2 Å². The highest BCUT2D eigenvalue weighted by atomic mass is 19.1. The van der Waals surface area contributed by atoms with Crippen LogP contribution in [-0.2, 0) is 17.6 Å². The highest BCUT2D eigenvalue weighted by molar-refractivity contribution is 5.95. The number of aryl methyl sites for hydroxylation is 1. The number of alkyl halides is 1. The number of halogens is 1. The first-order valence-electron chi connectivity index (χ1n) is 18.0. The first-order chi connectivity index (χ1) is 23.1. The molecule has 0 spiro atoms. The van der Waals surface area contributed by atoms with Crippen molar-refractivity contribution in [1.29, 1.82) is 0 Å².